The molecule has 0 aromatic rings. The summed E-state index contributed by atoms with van der Waals surface area (Å²) in [7, 11) is 0. The van der Waals surface area contributed by atoms with E-state index in [1.165, 1.54) is 0 Å². The van der Waals surface area contributed by atoms with Gasteiger partial charge < -0.3 is 15.4 Å². The third-order valence-electron chi connectivity index (χ3n) is 4.68. The molecule has 0 radical (unpaired) electrons. The molecule has 2 aliphatic rings. The number of nitrogens with one attached hydrogen (secondary N) is 2. The monoisotopic (exact) mass is 268 g/mol. The van der Waals surface area contributed by atoms with Crippen molar-refractivity contribution < 1.29 is 9.53 Å². The minimum atomic E-state index is -0.0522. The molecule has 2 fully saturated rings. The molecule has 4 heteroatoms. The van der Waals surface area contributed by atoms with E-state index in [9.17, 15) is 4.79 Å². The summed E-state index contributed by atoms with van der Waals surface area (Å²) in [5, 5.41) is 6.50. The molecule has 2 rings (SSSR count). The first kappa shape index (κ1) is 14.8. The molecule has 0 saturated carbocycles. The Labute approximate surface area is 116 Å². The van der Waals surface area contributed by atoms with Crippen molar-refractivity contribution >= 4 is 5.91 Å². The van der Waals surface area contributed by atoms with Gasteiger partial charge in [-0.1, -0.05) is 20.8 Å². The fourth-order valence-electron chi connectivity index (χ4n) is 3.37. The third kappa shape index (κ3) is 3.48. The van der Waals surface area contributed by atoms with E-state index < -0.39 is 0 Å². The molecule has 0 aromatic carbocycles. The molecule has 3 unspecified atom stereocenters. The highest BCUT2D eigenvalue weighted by Gasteiger charge is 2.37. The Morgan fingerprint density at radius 2 is 2.26 bits per heavy atom. The van der Waals surface area contributed by atoms with E-state index in [0.29, 0.717) is 12.0 Å². The van der Waals surface area contributed by atoms with E-state index in [1.54, 1.807) is 0 Å². The van der Waals surface area contributed by atoms with E-state index in [4.69, 9.17) is 4.74 Å². The number of hydrogen-bond acceptors (Lipinski definition) is 3. The second kappa shape index (κ2) is 6.23. The smallest absolute Gasteiger partial charge is 0.237 e. The molecular formula is C15H28N2O2. The summed E-state index contributed by atoms with van der Waals surface area (Å²) in [6, 6.07) is -0.0522. The van der Waals surface area contributed by atoms with Crippen LogP contribution in [0.5, 0.6) is 0 Å². The zero-order valence-electron chi connectivity index (χ0n) is 12.5. The second-order valence-electron chi connectivity index (χ2n) is 6.59. The Morgan fingerprint density at radius 3 is 2.95 bits per heavy atom. The highest BCUT2D eigenvalue weighted by Crippen LogP contribution is 2.30. The average Bonchev–Trinajstić information content (AvgIpc) is 2.82. The Kier molecular flexibility index (Phi) is 4.85. The van der Waals surface area contributed by atoms with Gasteiger partial charge in [0.05, 0.1) is 12.1 Å². The summed E-state index contributed by atoms with van der Waals surface area (Å²) < 4.78 is 5.67. The van der Waals surface area contributed by atoms with Crippen molar-refractivity contribution in [1.82, 2.24) is 10.6 Å². The summed E-state index contributed by atoms with van der Waals surface area (Å²) in [6.07, 6.45) is 4.70. The molecule has 2 aliphatic heterocycles. The summed E-state index contributed by atoms with van der Waals surface area (Å²) in [6.45, 7) is 9.05. The van der Waals surface area contributed by atoms with Crippen LogP contribution in [-0.4, -0.2) is 37.7 Å². The van der Waals surface area contributed by atoms with Crippen LogP contribution in [-0.2, 0) is 9.53 Å². The Balaban J connectivity index is 1.83. The van der Waals surface area contributed by atoms with Crippen LogP contribution >= 0.6 is 0 Å². The highest BCUT2D eigenvalue weighted by atomic mass is 16.5. The molecule has 3 atom stereocenters. The Hall–Kier alpha value is -0.610. The van der Waals surface area contributed by atoms with Crippen molar-refractivity contribution in [3.05, 3.63) is 0 Å². The van der Waals surface area contributed by atoms with Gasteiger partial charge >= 0.3 is 0 Å². The summed E-state index contributed by atoms with van der Waals surface area (Å²) in [4.78, 5) is 12.4. The van der Waals surface area contributed by atoms with Gasteiger partial charge in [0, 0.05) is 19.1 Å². The molecule has 2 heterocycles. The Bertz CT molecular complexity index is 317. The van der Waals surface area contributed by atoms with Crippen molar-refractivity contribution in [1.29, 1.82) is 0 Å². The van der Waals surface area contributed by atoms with Gasteiger partial charge in [0.25, 0.3) is 0 Å². The van der Waals surface area contributed by atoms with Gasteiger partial charge in [-0.3, -0.25) is 4.79 Å². The quantitative estimate of drug-likeness (QED) is 0.816. The van der Waals surface area contributed by atoms with Crippen LogP contribution in [0, 0.1) is 11.3 Å². The van der Waals surface area contributed by atoms with E-state index in [2.05, 4.69) is 31.4 Å². The largest absolute Gasteiger partial charge is 0.378 e. The number of ether oxygens (including phenoxy) is 1. The lowest BCUT2D eigenvalue weighted by Gasteiger charge is -2.38. The maximum Gasteiger partial charge on any atom is 0.237 e. The molecule has 4 nitrogen and oxygen atoms in total. The highest BCUT2D eigenvalue weighted by molar-refractivity contribution is 5.82. The predicted molar refractivity (Wildman–Crippen MR) is 76.0 cm³/mol. The van der Waals surface area contributed by atoms with E-state index in [-0.39, 0.29) is 17.4 Å². The zero-order chi connectivity index (χ0) is 13.9. The first-order chi connectivity index (χ1) is 9.04. The zero-order valence-corrected chi connectivity index (χ0v) is 12.5. The van der Waals surface area contributed by atoms with Crippen LogP contribution in [0.4, 0.5) is 0 Å². The predicted octanol–water partition coefficient (Wildman–Crippen LogP) is 1.70. The second-order valence-corrected chi connectivity index (χ2v) is 6.59. The van der Waals surface area contributed by atoms with E-state index in [1.807, 2.05) is 0 Å². The molecule has 2 saturated heterocycles. The number of piperidine rings is 1. The fourth-order valence-corrected chi connectivity index (χ4v) is 3.37. The molecule has 0 bridgehead atoms. The van der Waals surface area contributed by atoms with Crippen molar-refractivity contribution in [2.75, 3.05) is 19.7 Å². The van der Waals surface area contributed by atoms with Crippen molar-refractivity contribution in [3.63, 3.8) is 0 Å². The molecule has 110 valence electrons. The van der Waals surface area contributed by atoms with Crippen LogP contribution in [0.2, 0.25) is 0 Å². The Morgan fingerprint density at radius 1 is 1.47 bits per heavy atom. The van der Waals surface area contributed by atoms with Crippen molar-refractivity contribution in [3.8, 4) is 0 Å². The van der Waals surface area contributed by atoms with Gasteiger partial charge in [-0.2, -0.15) is 0 Å². The molecular weight excluding hydrogens is 240 g/mol. The maximum absolute atomic E-state index is 12.4. The van der Waals surface area contributed by atoms with Crippen LogP contribution in [0.25, 0.3) is 0 Å². The number of carbonyl (C=O) groups excluding carboxylic acids is 1. The summed E-state index contributed by atoms with van der Waals surface area (Å²) in [5.41, 5.74) is 0.0542. The number of hydrogen-bond donors (Lipinski definition) is 2. The van der Waals surface area contributed by atoms with Crippen LogP contribution in [0.15, 0.2) is 0 Å². The maximum atomic E-state index is 12.4. The van der Waals surface area contributed by atoms with E-state index >= 15 is 0 Å². The molecule has 19 heavy (non-hydrogen) atoms. The SMILES string of the molecule is CCC1OCCC1CNC(=O)C1NCCCC1(C)C. The normalized spacial score (nSPS) is 34.2. The number of rotatable bonds is 4. The number of carbonyl (C=O) groups is 1. The first-order valence-electron chi connectivity index (χ1n) is 7.67. The minimum absolute atomic E-state index is 0.0522. The molecule has 2 N–H and O–H groups in total. The van der Waals surface area contributed by atoms with Crippen molar-refractivity contribution in [2.24, 2.45) is 11.3 Å². The topological polar surface area (TPSA) is 50.4 Å². The molecule has 0 spiro atoms. The molecule has 1 amide bonds. The summed E-state index contributed by atoms with van der Waals surface area (Å²) in [5.74, 6) is 0.645. The van der Waals surface area contributed by atoms with Crippen LogP contribution < -0.4 is 10.6 Å². The first-order valence-corrected chi connectivity index (χ1v) is 7.67. The molecule has 0 aliphatic carbocycles. The van der Waals surface area contributed by atoms with Gasteiger partial charge in [0.1, 0.15) is 0 Å². The summed E-state index contributed by atoms with van der Waals surface area (Å²) >= 11 is 0. The lowest BCUT2D eigenvalue weighted by molar-refractivity contribution is -0.127. The minimum Gasteiger partial charge on any atom is -0.378 e. The number of amides is 1. The lowest BCUT2D eigenvalue weighted by Crippen LogP contribution is -2.56. The third-order valence-corrected chi connectivity index (χ3v) is 4.68. The fraction of sp³-hybridized carbons (Fsp3) is 0.933. The van der Waals surface area contributed by atoms with E-state index in [0.717, 1.165) is 45.4 Å². The average molecular weight is 268 g/mol. The van der Waals surface area contributed by atoms with Crippen LogP contribution in [0.1, 0.15) is 46.5 Å². The standard InChI is InChI=1S/C15H28N2O2/c1-4-12-11(6-9-19-12)10-17-14(18)13-15(2,3)7-5-8-16-13/h11-13,16H,4-10H2,1-3H3,(H,17,18). The lowest BCUT2D eigenvalue weighted by atomic mass is 9.77. The van der Waals surface area contributed by atoms with Gasteiger partial charge in [0.2, 0.25) is 5.91 Å². The van der Waals surface area contributed by atoms with Crippen LogP contribution in [0.3, 0.4) is 0 Å². The van der Waals surface area contributed by atoms with Crippen molar-refractivity contribution in [2.45, 2.75) is 58.6 Å². The van der Waals surface area contributed by atoms with Gasteiger partial charge in [-0.05, 0) is 37.6 Å². The molecule has 0 aromatic heterocycles. The van der Waals surface area contributed by atoms with Gasteiger partial charge in [0.15, 0.2) is 0 Å². The van der Waals surface area contributed by atoms with Gasteiger partial charge in [-0.15, -0.1) is 0 Å². The van der Waals surface area contributed by atoms with Gasteiger partial charge in [-0.25, -0.2) is 0 Å².